The number of alkyl halides is 3. The van der Waals surface area contributed by atoms with Gasteiger partial charge in [-0.25, -0.2) is 9.93 Å². The van der Waals surface area contributed by atoms with Gasteiger partial charge in [0.15, 0.2) is 0 Å². The number of nitrogens with zero attached hydrogens (tertiary/aromatic N) is 1. The topological polar surface area (TPSA) is 113 Å². The molecule has 1 aliphatic rings. The molecule has 1 aliphatic heterocycles. The highest BCUT2D eigenvalue weighted by Crippen LogP contribution is 2.13. The molecule has 0 aliphatic carbocycles. The van der Waals surface area contributed by atoms with Gasteiger partial charge >= 0.3 is 12.1 Å². The molecule has 0 atom stereocenters. The molecule has 1 fully saturated rings. The van der Waals surface area contributed by atoms with Crippen molar-refractivity contribution in [3.63, 3.8) is 0 Å². The maximum atomic E-state index is 10.7. The van der Waals surface area contributed by atoms with Gasteiger partial charge in [-0.05, 0) is 25.4 Å². The summed E-state index contributed by atoms with van der Waals surface area (Å²) in [5, 5.41) is 15.2. The van der Waals surface area contributed by atoms with Crippen molar-refractivity contribution in [2.45, 2.75) is 12.6 Å². The first-order valence-electron chi connectivity index (χ1n) is 5.19. The number of hydrogen-bond acceptors (Lipinski definition) is 4. The van der Waals surface area contributed by atoms with Gasteiger partial charge in [0.1, 0.15) is 0 Å². The average molecular weight is 307 g/mol. The molecule has 0 aromatic heterocycles. The summed E-state index contributed by atoms with van der Waals surface area (Å²) in [4.78, 5) is 8.90. The Kier molecular flexibility index (Phi) is 6.69. The van der Waals surface area contributed by atoms with Crippen molar-refractivity contribution in [3.8, 4) is 0 Å². The minimum atomic E-state index is -5.08. The number of nitrogens with two attached hydrogens (primary N) is 1. The van der Waals surface area contributed by atoms with Crippen molar-refractivity contribution in [1.29, 1.82) is 0 Å². The van der Waals surface area contributed by atoms with Crippen LogP contribution in [0.1, 0.15) is 6.42 Å². The fourth-order valence-corrected chi connectivity index (χ4v) is 1.40. The number of carboxylic acid groups (broad SMARTS) is 1. The van der Waals surface area contributed by atoms with E-state index < -0.39 is 22.4 Å². The fourth-order valence-electron chi connectivity index (χ4n) is 1.04. The molecule has 1 heterocycles. The van der Waals surface area contributed by atoms with Gasteiger partial charge in [0, 0.05) is 13.6 Å². The van der Waals surface area contributed by atoms with E-state index in [0.717, 1.165) is 19.5 Å². The van der Waals surface area contributed by atoms with Crippen molar-refractivity contribution in [2.75, 3.05) is 26.7 Å². The van der Waals surface area contributed by atoms with E-state index in [2.05, 4.69) is 5.32 Å². The van der Waals surface area contributed by atoms with E-state index in [9.17, 15) is 21.6 Å². The lowest BCUT2D eigenvalue weighted by molar-refractivity contribution is -0.192. The van der Waals surface area contributed by atoms with Crippen LogP contribution in [0.15, 0.2) is 0 Å². The molecule has 114 valence electrons. The summed E-state index contributed by atoms with van der Waals surface area (Å²) in [6.07, 6.45) is -4.19. The molecule has 0 aromatic rings. The number of nitrogens with one attached hydrogen (secondary N) is 1. The molecule has 7 nitrogen and oxygen atoms in total. The lowest BCUT2D eigenvalue weighted by Gasteiger charge is -2.28. The number of aliphatic carboxylic acids is 1. The first-order chi connectivity index (χ1) is 8.44. The van der Waals surface area contributed by atoms with E-state index in [4.69, 9.17) is 15.0 Å². The predicted octanol–water partition coefficient (Wildman–Crippen LogP) is -0.635. The first kappa shape index (κ1) is 18.1. The van der Waals surface area contributed by atoms with Crippen molar-refractivity contribution in [3.05, 3.63) is 0 Å². The van der Waals surface area contributed by atoms with Crippen LogP contribution in [0.2, 0.25) is 0 Å². The van der Waals surface area contributed by atoms with Gasteiger partial charge in [0.25, 0.3) is 10.2 Å². The van der Waals surface area contributed by atoms with Crippen LogP contribution < -0.4 is 10.5 Å². The maximum absolute atomic E-state index is 10.7. The van der Waals surface area contributed by atoms with Crippen molar-refractivity contribution in [2.24, 2.45) is 11.1 Å². The largest absolute Gasteiger partial charge is 0.490 e. The highest BCUT2D eigenvalue weighted by atomic mass is 32.2. The van der Waals surface area contributed by atoms with Crippen LogP contribution in [0.4, 0.5) is 13.2 Å². The van der Waals surface area contributed by atoms with E-state index in [1.54, 1.807) is 0 Å². The third-order valence-corrected chi connectivity index (χ3v) is 3.45. The summed E-state index contributed by atoms with van der Waals surface area (Å²) < 4.78 is 54.4. The van der Waals surface area contributed by atoms with E-state index >= 15 is 0 Å². The molecule has 1 rings (SSSR count). The summed E-state index contributed by atoms with van der Waals surface area (Å²) in [5.74, 6) is -2.14. The lowest BCUT2D eigenvalue weighted by Crippen LogP contribution is -2.44. The number of rotatable bonds is 4. The SMILES string of the molecule is CN(CCC1CNC1)S(N)(=O)=O.O=C(O)C(F)(F)F. The van der Waals surface area contributed by atoms with Crippen molar-refractivity contribution in [1.82, 2.24) is 9.62 Å². The maximum Gasteiger partial charge on any atom is 0.490 e. The van der Waals surface area contributed by atoms with Gasteiger partial charge in [-0.15, -0.1) is 0 Å². The lowest BCUT2D eigenvalue weighted by atomic mass is 10.00. The standard InChI is InChI=1S/C6H15N3O2S.C2HF3O2/c1-9(12(7,10)11)3-2-6-4-8-5-6;3-2(4,5)1(6)7/h6,8H,2-5H2,1H3,(H2,7,10,11);(H,6,7). The Balaban J connectivity index is 0.000000399. The molecule has 0 saturated carbocycles. The number of hydrogen-bond donors (Lipinski definition) is 3. The van der Waals surface area contributed by atoms with E-state index in [1.165, 1.54) is 11.4 Å². The van der Waals surface area contributed by atoms with Gasteiger partial charge in [-0.3, -0.25) is 0 Å². The third kappa shape index (κ3) is 7.97. The van der Waals surface area contributed by atoms with Crippen LogP contribution in [0.25, 0.3) is 0 Å². The van der Waals surface area contributed by atoms with Gasteiger partial charge in [0.2, 0.25) is 0 Å². The molecule has 4 N–H and O–H groups in total. The molecule has 0 aromatic carbocycles. The van der Waals surface area contributed by atoms with Crippen LogP contribution in [-0.2, 0) is 15.0 Å². The monoisotopic (exact) mass is 307 g/mol. The van der Waals surface area contributed by atoms with Crippen LogP contribution in [0.5, 0.6) is 0 Å². The highest BCUT2D eigenvalue weighted by Gasteiger charge is 2.38. The second-order valence-electron chi connectivity index (χ2n) is 3.98. The van der Waals surface area contributed by atoms with Crippen LogP contribution >= 0.6 is 0 Å². The van der Waals surface area contributed by atoms with Gasteiger partial charge in [-0.2, -0.15) is 25.9 Å². The number of halogens is 3. The second kappa shape index (κ2) is 7.03. The third-order valence-electron chi connectivity index (χ3n) is 2.40. The summed E-state index contributed by atoms with van der Waals surface area (Å²) in [6, 6.07) is 0. The predicted molar refractivity (Wildman–Crippen MR) is 60.4 cm³/mol. The van der Waals surface area contributed by atoms with Gasteiger partial charge in [0.05, 0.1) is 0 Å². The van der Waals surface area contributed by atoms with Crippen molar-refractivity contribution >= 4 is 16.2 Å². The smallest absolute Gasteiger partial charge is 0.475 e. The Bertz CT molecular complexity index is 395. The molecular weight excluding hydrogens is 291 g/mol. The summed E-state index contributed by atoms with van der Waals surface area (Å²) >= 11 is 0. The number of carboxylic acids is 1. The molecule has 0 spiro atoms. The zero-order chi connectivity index (χ0) is 15.3. The molecular formula is C8H16F3N3O4S. The summed E-state index contributed by atoms with van der Waals surface area (Å²) in [6.45, 7) is 2.52. The normalized spacial score (nSPS) is 16.5. The Morgan fingerprint density at radius 1 is 1.47 bits per heavy atom. The minimum absolute atomic E-state index is 0.519. The molecule has 0 radical (unpaired) electrons. The Hall–Kier alpha value is -0.910. The highest BCUT2D eigenvalue weighted by molar-refractivity contribution is 7.86. The second-order valence-corrected chi connectivity index (χ2v) is 5.64. The van der Waals surface area contributed by atoms with Crippen LogP contribution in [0, 0.1) is 5.92 Å². The molecule has 1 saturated heterocycles. The van der Waals surface area contributed by atoms with Crippen molar-refractivity contribution < 1.29 is 31.5 Å². The van der Waals surface area contributed by atoms with E-state index in [1.807, 2.05) is 0 Å². The van der Waals surface area contributed by atoms with E-state index in [0.29, 0.717) is 12.5 Å². The quantitative estimate of drug-likeness (QED) is 0.640. The zero-order valence-electron chi connectivity index (χ0n) is 10.1. The minimum Gasteiger partial charge on any atom is -0.475 e. The molecule has 11 heteroatoms. The van der Waals surface area contributed by atoms with Gasteiger partial charge in [-0.1, -0.05) is 0 Å². The zero-order valence-corrected chi connectivity index (χ0v) is 11.0. The molecule has 0 bridgehead atoms. The Labute approximate surface area is 108 Å². The first-order valence-corrected chi connectivity index (χ1v) is 6.69. The molecule has 0 unspecified atom stereocenters. The summed E-state index contributed by atoms with van der Waals surface area (Å²) in [7, 11) is -1.97. The molecule has 0 amide bonds. The average Bonchev–Trinajstić information content (AvgIpc) is 2.12. The number of carbonyl (C=O) groups is 1. The van der Waals surface area contributed by atoms with Crippen LogP contribution in [-0.4, -0.2) is 56.7 Å². The fraction of sp³-hybridized carbons (Fsp3) is 0.875. The Morgan fingerprint density at radius 3 is 2.11 bits per heavy atom. The van der Waals surface area contributed by atoms with Crippen LogP contribution in [0.3, 0.4) is 0 Å². The van der Waals surface area contributed by atoms with Gasteiger partial charge < -0.3 is 10.4 Å². The summed E-state index contributed by atoms with van der Waals surface area (Å²) in [5.41, 5.74) is 0. The Morgan fingerprint density at radius 2 is 1.89 bits per heavy atom. The molecule has 19 heavy (non-hydrogen) atoms. The van der Waals surface area contributed by atoms with E-state index in [-0.39, 0.29) is 0 Å².